The van der Waals surface area contributed by atoms with Crippen LogP contribution in [0.15, 0.2) is 42.9 Å². The molecule has 21 heavy (non-hydrogen) atoms. The van der Waals surface area contributed by atoms with Gasteiger partial charge in [-0.3, -0.25) is 4.79 Å². The topological polar surface area (TPSA) is 56.1 Å². The summed E-state index contributed by atoms with van der Waals surface area (Å²) in [5, 5.41) is 3.08. The highest BCUT2D eigenvalue weighted by Gasteiger charge is 2.19. The van der Waals surface area contributed by atoms with Crippen molar-refractivity contribution in [1.29, 1.82) is 0 Å². The zero-order chi connectivity index (χ0) is 14.5. The molecule has 5 heteroatoms. The Hall–Kier alpha value is -2.30. The van der Waals surface area contributed by atoms with Crippen LogP contribution in [-0.4, -0.2) is 28.1 Å². The number of carbonyl (C=O) groups is 1. The van der Waals surface area contributed by atoms with Crippen molar-refractivity contribution in [2.75, 3.05) is 6.61 Å². The van der Waals surface area contributed by atoms with Crippen molar-refractivity contribution in [3.05, 3.63) is 48.5 Å². The Morgan fingerprint density at radius 3 is 3.10 bits per heavy atom. The zero-order valence-corrected chi connectivity index (χ0v) is 11.9. The van der Waals surface area contributed by atoms with Crippen molar-refractivity contribution < 1.29 is 9.53 Å². The number of hydrogen-bond donors (Lipinski definition) is 1. The highest BCUT2D eigenvalue weighted by molar-refractivity contribution is 5.76. The molecule has 0 spiro atoms. The lowest BCUT2D eigenvalue weighted by atomic mass is 10.0. The number of ether oxygens (including phenoxy) is 1. The summed E-state index contributed by atoms with van der Waals surface area (Å²) in [7, 11) is 0. The maximum Gasteiger partial charge on any atom is 0.223 e. The highest BCUT2D eigenvalue weighted by atomic mass is 16.5. The van der Waals surface area contributed by atoms with E-state index in [-0.39, 0.29) is 11.9 Å². The number of aromatic nitrogens is 2. The second-order valence-corrected chi connectivity index (χ2v) is 5.25. The lowest BCUT2D eigenvalue weighted by Gasteiger charge is -2.24. The van der Waals surface area contributed by atoms with Gasteiger partial charge in [0.15, 0.2) is 0 Å². The van der Waals surface area contributed by atoms with Gasteiger partial charge in [-0.05, 0) is 18.6 Å². The highest BCUT2D eigenvalue weighted by Crippen LogP contribution is 2.14. The summed E-state index contributed by atoms with van der Waals surface area (Å²) in [6.45, 7) is 1.32. The first kappa shape index (κ1) is 13.7. The standard InChI is InChI=1S/C16H19N3O2/c20-16(7-9-21-15-4-2-1-3-5-15)18-13-6-8-19-12-17-11-14(19)10-13/h1-5,11-13H,6-10H2,(H,18,20). The summed E-state index contributed by atoms with van der Waals surface area (Å²) in [5.41, 5.74) is 1.19. The Labute approximate surface area is 124 Å². The van der Waals surface area contributed by atoms with Gasteiger partial charge in [-0.2, -0.15) is 0 Å². The van der Waals surface area contributed by atoms with Crippen LogP contribution in [0.2, 0.25) is 0 Å². The molecule has 1 aliphatic rings. The minimum atomic E-state index is 0.0453. The molecule has 1 aromatic carbocycles. The predicted molar refractivity (Wildman–Crippen MR) is 79.0 cm³/mol. The van der Waals surface area contributed by atoms with Gasteiger partial charge in [0.1, 0.15) is 5.75 Å². The number of nitrogens with zero attached hydrogens (tertiary/aromatic N) is 2. The largest absolute Gasteiger partial charge is 0.493 e. The molecular weight excluding hydrogens is 266 g/mol. The number of aryl methyl sites for hydroxylation is 1. The molecule has 0 fully saturated rings. The minimum absolute atomic E-state index is 0.0453. The van der Waals surface area contributed by atoms with Gasteiger partial charge in [0, 0.05) is 30.9 Å². The zero-order valence-electron chi connectivity index (χ0n) is 11.9. The van der Waals surface area contributed by atoms with Gasteiger partial charge in [-0.15, -0.1) is 0 Å². The Bertz CT molecular complexity index is 595. The third-order valence-corrected chi connectivity index (χ3v) is 3.68. The molecule has 3 rings (SSSR count). The molecule has 5 nitrogen and oxygen atoms in total. The molecule has 2 heterocycles. The fourth-order valence-electron chi connectivity index (χ4n) is 2.57. The van der Waals surface area contributed by atoms with Crippen LogP contribution in [0.5, 0.6) is 5.75 Å². The summed E-state index contributed by atoms with van der Waals surface area (Å²) in [4.78, 5) is 16.1. The van der Waals surface area contributed by atoms with Gasteiger partial charge >= 0.3 is 0 Å². The van der Waals surface area contributed by atoms with Crippen molar-refractivity contribution in [2.45, 2.75) is 31.8 Å². The molecule has 1 amide bonds. The average molecular weight is 285 g/mol. The van der Waals surface area contributed by atoms with E-state index in [0.717, 1.165) is 25.1 Å². The molecule has 0 radical (unpaired) electrons. The van der Waals surface area contributed by atoms with Crippen LogP contribution >= 0.6 is 0 Å². The van der Waals surface area contributed by atoms with Crippen molar-refractivity contribution in [3.8, 4) is 5.75 Å². The number of carbonyl (C=O) groups excluding carboxylic acids is 1. The van der Waals surface area contributed by atoms with E-state index in [2.05, 4.69) is 14.9 Å². The number of nitrogens with one attached hydrogen (secondary N) is 1. The molecule has 0 saturated carbocycles. The minimum Gasteiger partial charge on any atom is -0.493 e. The number of amides is 1. The Morgan fingerprint density at radius 2 is 2.24 bits per heavy atom. The van der Waals surface area contributed by atoms with E-state index < -0.39 is 0 Å². The van der Waals surface area contributed by atoms with E-state index in [1.54, 1.807) is 0 Å². The normalized spacial score (nSPS) is 17.0. The van der Waals surface area contributed by atoms with Crippen molar-refractivity contribution >= 4 is 5.91 Å². The molecule has 1 atom stereocenters. The molecule has 110 valence electrons. The van der Waals surface area contributed by atoms with Gasteiger partial charge in [0.25, 0.3) is 0 Å². The summed E-state index contributed by atoms with van der Waals surface area (Å²) >= 11 is 0. The van der Waals surface area contributed by atoms with E-state index in [1.807, 2.05) is 42.9 Å². The summed E-state index contributed by atoms with van der Waals surface area (Å²) < 4.78 is 7.67. The van der Waals surface area contributed by atoms with Crippen LogP contribution in [0.3, 0.4) is 0 Å². The number of rotatable bonds is 5. The monoisotopic (exact) mass is 285 g/mol. The van der Waals surface area contributed by atoms with Crippen LogP contribution in [-0.2, 0) is 17.8 Å². The molecule has 1 unspecified atom stereocenters. The first-order valence-electron chi connectivity index (χ1n) is 7.27. The van der Waals surface area contributed by atoms with Gasteiger partial charge in [-0.1, -0.05) is 18.2 Å². The molecule has 2 aromatic rings. The van der Waals surface area contributed by atoms with E-state index >= 15 is 0 Å². The fourth-order valence-corrected chi connectivity index (χ4v) is 2.57. The van der Waals surface area contributed by atoms with Gasteiger partial charge < -0.3 is 14.6 Å². The van der Waals surface area contributed by atoms with Gasteiger partial charge in [-0.25, -0.2) is 4.98 Å². The van der Waals surface area contributed by atoms with Crippen LogP contribution in [0.1, 0.15) is 18.5 Å². The smallest absolute Gasteiger partial charge is 0.223 e. The maximum absolute atomic E-state index is 11.9. The lowest BCUT2D eigenvalue weighted by Crippen LogP contribution is -2.40. The third kappa shape index (κ3) is 3.62. The van der Waals surface area contributed by atoms with Gasteiger partial charge in [0.05, 0.1) is 19.4 Å². The quantitative estimate of drug-likeness (QED) is 0.911. The van der Waals surface area contributed by atoms with Crippen molar-refractivity contribution in [2.24, 2.45) is 0 Å². The average Bonchev–Trinajstić information content (AvgIpc) is 2.96. The second kappa shape index (κ2) is 6.43. The Balaban J connectivity index is 1.41. The molecular formula is C16H19N3O2. The number of fused-ring (bicyclic) bond motifs is 1. The molecule has 0 saturated heterocycles. The number of benzene rings is 1. The molecule has 0 bridgehead atoms. The van der Waals surface area contributed by atoms with Crippen molar-refractivity contribution in [3.63, 3.8) is 0 Å². The van der Waals surface area contributed by atoms with Crippen LogP contribution < -0.4 is 10.1 Å². The van der Waals surface area contributed by atoms with Gasteiger partial charge in [0.2, 0.25) is 5.91 Å². The molecule has 1 aliphatic heterocycles. The number of imidazole rings is 1. The lowest BCUT2D eigenvalue weighted by molar-refractivity contribution is -0.122. The Morgan fingerprint density at radius 1 is 1.38 bits per heavy atom. The predicted octanol–water partition coefficient (Wildman–Crippen LogP) is 1.78. The van der Waals surface area contributed by atoms with Crippen LogP contribution in [0.4, 0.5) is 0 Å². The summed E-state index contributed by atoms with van der Waals surface area (Å²) in [6, 6.07) is 9.76. The van der Waals surface area contributed by atoms with Crippen molar-refractivity contribution in [1.82, 2.24) is 14.9 Å². The van der Waals surface area contributed by atoms with E-state index in [9.17, 15) is 4.79 Å². The van der Waals surface area contributed by atoms with Crippen LogP contribution in [0, 0.1) is 0 Å². The third-order valence-electron chi connectivity index (χ3n) is 3.68. The molecule has 0 aliphatic carbocycles. The summed E-state index contributed by atoms with van der Waals surface area (Å²) in [5.74, 6) is 0.843. The maximum atomic E-state index is 11.9. The second-order valence-electron chi connectivity index (χ2n) is 5.25. The number of hydrogen-bond acceptors (Lipinski definition) is 3. The van der Waals surface area contributed by atoms with Crippen LogP contribution in [0.25, 0.3) is 0 Å². The Kier molecular flexibility index (Phi) is 4.19. The number of para-hydroxylation sites is 1. The van der Waals surface area contributed by atoms with E-state index in [4.69, 9.17) is 4.74 Å². The first-order chi connectivity index (χ1) is 10.3. The molecule has 1 aromatic heterocycles. The SMILES string of the molecule is O=C(CCOc1ccccc1)NC1CCn2cncc2C1. The van der Waals surface area contributed by atoms with E-state index in [1.165, 1.54) is 5.69 Å². The summed E-state index contributed by atoms with van der Waals surface area (Å²) in [6.07, 6.45) is 5.91. The molecule has 1 N–H and O–H groups in total. The first-order valence-corrected chi connectivity index (χ1v) is 7.27. The van der Waals surface area contributed by atoms with E-state index in [0.29, 0.717) is 13.0 Å². The fraction of sp³-hybridized carbons (Fsp3) is 0.375.